The zero-order valence-electron chi connectivity index (χ0n) is 6.67. The number of carbonyl (C=O) groups is 1. The molecule has 0 spiro atoms. The van der Waals surface area contributed by atoms with Crippen molar-refractivity contribution in [2.24, 2.45) is 11.7 Å². The first-order valence-corrected chi connectivity index (χ1v) is 3.82. The van der Waals surface area contributed by atoms with Crippen LogP contribution in [0.1, 0.15) is 12.8 Å². The number of nitrogens with one attached hydrogen (secondary N) is 1. The van der Waals surface area contributed by atoms with Gasteiger partial charge in [0.25, 0.3) is 0 Å². The molecule has 0 saturated heterocycles. The molecule has 0 radical (unpaired) electrons. The standard InChI is InChI=1S/C7H14N2O2/c1-11-7(10)9-6(4-8)5-2-3-5/h5-6H,2-4,8H2,1H3,(H,9,10). The molecule has 1 unspecified atom stereocenters. The zero-order valence-corrected chi connectivity index (χ0v) is 6.67. The zero-order chi connectivity index (χ0) is 8.27. The van der Waals surface area contributed by atoms with Gasteiger partial charge in [-0.25, -0.2) is 4.79 Å². The maximum atomic E-state index is 10.7. The highest BCUT2D eigenvalue weighted by Crippen LogP contribution is 2.32. The Labute approximate surface area is 66.1 Å². The molecule has 1 amide bonds. The highest BCUT2D eigenvalue weighted by Gasteiger charge is 2.31. The van der Waals surface area contributed by atoms with E-state index in [1.54, 1.807) is 0 Å². The molecule has 1 aliphatic rings. The Morgan fingerprint density at radius 1 is 1.82 bits per heavy atom. The van der Waals surface area contributed by atoms with Crippen molar-refractivity contribution in [2.75, 3.05) is 13.7 Å². The van der Waals surface area contributed by atoms with Crippen LogP contribution in [0.2, 0.25) is 0 Å². The van der Waals surface area contributed by atoms with Crippen molar-refractivity contribution in [3.63, 3.8) is 0 Å². The summed E-state index contributed by atoms with van der Waals surface area (Å²) in [5.74, 6) is 0.582. The van der Waals surface area contributed by atoms with Crippen LogP contribution in [0.4, 0.5) is 4.79 Å². The summed E-state index contributed by atoms with van der Waals surface area (Å²) in [6, 6.07) is 0.113. The molecular weight excluding hydrogens is 144 g/mol. The largest absolute Gasteiger partial charge is 0.453 e. The molecule has 11 heavy (non-hydrogen) atoms. The van der Waals surface area contributed by atoms with Crippen molar-refractivity contribution in [1.29, 1.82) is 0 Å². The Morgan fingerprint density at radius 3 is 2.82 bits per heavy atom. The van der Waals surface area contributed by atoms with Gasteiger partial charge in [0.1, 0.15) is 0 Å². The van der Waals surface area contributed by atoms with Gasteiger partial charge in [-0.05, 0) is 18.8 Å². The van der Waals surface area contributed by atoms with Crippen molar-refractivity contribution < 1.29 is 9.53 Å². The molecular formula is C7H14N2O2. The van der Waals surface area contributed by atoms with Crippen LogP contribution < -0.4 is 11.1 Å². The summed E-state index contributed by atoms with van der Waals surface area (Å²) >= 11 is 0. The monoisotopic (exact) mass is 158 g/mol. The number of amides is 1. The van der Waals surface area contributed by atoms with Crippen LogP contribution in [-0.2, 0) is 4.74 Å². The fraction of sp³-hybridized carbons (Fsp3) is 0.857. The van der Waals surface area contributed by atoms with Crippen LogP contribution >= 0.6 is 0 Å². The summed E-state index contributed by atoms with van der Waals surface area (Å²) in [5, 5.41) is 2.69. The van der Waals surface area contributed by atoms with Gasteiger partial charge in [-0.3, -0.25) is 0 Å². The maximum absolute atomic E-state index is 10.7. The van der Waals surface area contributed by atoms with Crippen LogP contribution in [-0.4, -0.2) is 25.8 Å². The topological polar surface area (TPSA) is 64.3 Å². The Morgan fingerprint density at radius 2 is 2.45 bits per heavy atom. The third-order valence-corrected chi connectivity index (χ3v) is 1.93. The van der Waals surface area contributed by atoms with Gasteiger partial charge in [-0.15, -0.1) is 0 Å². The SMILES string of the molecule is COC(=O)NC(CN)C1CC1. The van der Waals surface area contributed by atoms with Crippen molar-refractivity contribution in [3.8, 4) is 0 Å². The summed E-state index contributed by atoms with van der Waals surface area (Å²) in [5.41, 5.74) is 5.45. The average Bonchev–Trinajstić information content (AvgIpc) is 2.82. The number of rotatable bonds is 3. The second kappa shape index (κ2) is 3.57. The fourth-order valence-corrected chi connectivity index (χ4v) is 1.08. The van der Waals surface area contributed by atoms with Gasteiger partial charge in [0.05, 0.1) is 7.11 Å². The van der Waals surface area contributed by atoms with Gasteiger partial charge < -0.3 is 15.8 Å². The number of carbonyl (C=O) groups excluding carboxylic acids is 1. The van der Waals surface area contributed by atoms with Crippen LogP contribution in [0.15, 0.2) is 0 Å². The second-order valence-electron chi connectivity index (χ2n) is 2.82. The van der Waals surface area contributed by atoms with E-state index in [4.69, 9.17) is 5.73 Å². The van der Waals surface area contributed by atoms with Gasteiger partial charge in [-0.2, -0.15) is 0 Å². The molecule has 1 fully saturated rings. The minimum Gasteiger partial charge on any atom is -0.453 e. The van der Waals surface area contributed by atoms with E-state index in [0.29, 0.717) is 12.5 Å². The van der Waals surface area contributed by atoms with E-state index in [0.717, 1.165) is 0 Å². The predicted octanol–water partition coefficient (Wildman–Crippen LogP) is 0.0797. The third kappa shape index (κ3) is 2.38. The van der Waals surface area contributed by atoms with Crippen LogP contribution in [0, 0.1) is 5.92 Å². The first-order valence-electron chi connectivity index (χ1n) is 3.82. The van der Waals surface area contributed by atoms with Crippen molar-refractivity contribution in [2.45, 2.75) is 18.9 Å². The molecule has 4 nitrogen and oxygen atoms in total. The molecule has 1 atom stereocenters. The number of methoxy groups -OCH3 is 1. The van der Waals surface area contributed by atoms with E-state index in [1.807, 2.05) is 0 Å². The number of nitrogens with two attached hydrogens (primary N) is 1. The van der Waals surface area contributed by atoms with Crippen LogP contribution in [0.5, 0.6) is 0 Å². The molecule has 1 saturated carbocycles. The van der Waals surface area contributed by atoms with E-state index in [2.05, 4.69) is 10.1 Å². The number of hydrogen-bond acceptors (Lipinski definition) is 3. The lowest BCUT2D eigenvalue weighted by Crippen LogP contribution is -2.41. The molecule has 0 bridgehead atoms. The molecule has 0 aromatic rings. The lowest BCUT2D eigenvalue weighted by Gasteiger charge is -2.14. The quantitative estimate of drug-likeness (QED) is 0.611. The van der Waals surface area contributed by atoms with Crippen LogP contribution in [0.3, 0.4) is 0 Å². The summed E-state index contributed by atoms with van der Waals surface area (Å²) < 4.78 is 4.45. The van der Waals surface area contributed by atoms with Crippen molar-refractivity contribution in [1.82, 2.24) is 5.32 Å². The Balaban J connectivity index is 2.25. The Kier molecular flexibility index (Phi) is 2.70. The Hall–Kier alpha value is -0.770. The van der Waals surface area contributed by atoms with E-state index in [-0.39, 0.29) is 12.1 Å². The third-order valence-electron chi connectivity index (χ3n) is 1.93. The normalized spacial score (nSPS) is 19.1. The van der Waals surface area contributed by atoms with Crippen molar-refractivity contribution >= 4 is 6.09 Å². The molecule has 0 heterocycles. The lowest BCUT2D eigenvalue weighted by molar-refractivity contribution is 0.165. The summed E-state index contributed by atoms with van der Waals surface area (Å²) in [6.07, 6.45) is 1.96. The first kappa shape index (κ1) is 8.33. The molecule has 0 aromatic heterocycles. The smallest absolute Gasteiger partial charge is 0.407 e. The van der Waals surface area contributed by atoms with E-state index in [1.165, 1.54) is 20.0 Å². The predicted molar refractivity (Wildman–Crippen MR) is 41.1 cm³/mol. The summed E-state index contributed by atoms with van der Waals surface area (Å²) in [6.45, 7) is 0.500. The number of alkyl carbamates (subject to hydrolysis) is 1. The molecule has 1 rings (SSSR count). The highest BCUT2D eigenvalue weighted by molar-refractivity contribution is 5.67. The first-order chi connectivity index (χ1) is 5.27. The summed E-state index contributed by atoms with van der Waals surface area (Å²) in [4.78, 5) is 10.7. The molecule has 4 heteroatoms. The maximum Gasteiger partial charge on any atom is 0.407 e. The minimum atomic E-state index is -0.382. The van der Waals surface area contributed by atoms with Gasteiger partial charge >= 0.3 is 6.09 Å². The van der Waals surface area contributed by atoms with Crippen LogP contribution in [0.25, 0.3) is 0 Å². The molecule has 3 N–H and O–H groups in total. The molecule has 64 valence electrons. The van der Waals surface area contributed by atoms with Gasteiger partial charge in [0.15, 0.2) is 0 Å². The van der Waals surface area contributed by atoms with E-state index >= 15 is 0 Å². The Bertz CT molecular complexity index is 145. The second-order valence-corrected chi connectivity index (χ2v) is 2.82. The molecule has 0 aromatic carbocycles. The van der Waals surface area contributed by atoms with E-state index < -0.39 is 0 Å². The lowest BCUT2D eigenvalue weighted by atomic mass is 10.2. The molecule has 0 aliphatic heterocycles. The fourth-order valence-electron chi connectivity index (χ4n) is 1.08. The number of hydrogen-bond donors (Lipinski definition) is 2. The van der Waals surface area contributed by atoms with Gasteiger partial charge in [0.2, 0.25) is 0 Å². The van der Waals surface area contributed by atoms with Gasteiger partial charge in [0, 0.05) is 12.6 Å². The minimum absolute atomic E-state index is 0.113. The average molecular weight is 158 g/mol. The van der Waals surface area contributed by atoms with E-state index in [9.17, 15) is 4.79 Å². The van der Waals surface area contributed by atoms with Crippen molar-refractivity contribution in [3.05, 3.63) is 0 Å². The summed E-state index contributed by atoms with van der Waals surface area (Å²) in [7, 11) is 1.36. The number of ether oxygens (including phenoxy) is 1. The molecule has 1 aliphatic carbocycles. The highest BCUT2D eigenvalue weighted by atomic mass is 16.5. The van der Waals surface area contributed by atoms with Gasteiger partial charge in [-0.1, -0.05) is 0 Å².